The standard InChI is InChI=1S/C17H34N2/c1-5-14(4)17-10-18-16(13(2)3)12-19(17)11-15-8-6-7-9-15/h13-18H,5-12H2,1-4H3. The van der Waals surface area contributed by atoms with Crippen LogP contribution < -0.4 is 5.32 Å². The van der Waals surface area contributed by atoms with Crippen LogP contribution in [0.1, 0.15) is 59.8 Å². The summed E-state index contributed by atoms with van der Waals surface area (Å²) in [5.74, 6) is 2.56. The summed E-state index contributed by atoms with van der Waals surface area (Å²) in [6.45, 7) is 13.3. The van der Waals surface area contributed by atoms with Gasteiger partial charge in [-0.1, -0.05) is 47.0 Å². The van der Waals surface area contributed by atoms with E-state index in [1.54, 1.807) is 0 Å². The lowest BCUT2D eigenvalue weighted by Gasteiger charge is -2.45. The largest absolute Gasteiger partial charge is 0.311 e. The molecule has 2 aliphatic rings. The first-order valence-electron chi connectivity index (χ1n) is 8.59. The van der Waals surface area contributed by atoms with Crippen molar-refractivity contribution in [1.29, 1.82) is 0 Å². The fourth-order valence-electron chi connectivity index (χ4n) is 3.87. The molecule has 1 saturated carbocycles. The Balaban J connectivity index is 1.97. The molecule has 0 radical (unpaired) electrons. The van der Waals surface area contributed by atoms with E-state index in [1.165, 1.54) is 51.7 Å². The molecule has 1 N–H and O–H groups in total. The molecular weight excluding hydrogens is 232 g/mol. The van der Waals surface area contributed by atoms with Gasteiger partial charge < -0.3 is 5.32 Å². The van der Waals surface area contributed by atoms with Crippen molar-refractivity contribution in [2.75, 3.05) is 19.6 Å². The first-order valence-corrected chi connectivity index (χ1v) is 8.59. The van der Waals surface area contributed by atoms with Gasteiger partial charge in [0.1, 0.15) is 0 Å². The van der Waals surface area contributed by atoms with E-state index in [9.17, 15) is 0 Å². The molecule has 2 heteroatoms. The summed E-state index contributed by atoms with van der Waals surface area (Å²) in [6.07, 6.45) is 7.20. The molecule has 0 bridgehead atoms. The van der Waals surface area contributed by atoms with Gasteiger partial charge in [0.2, 0.25) is 0 Å². The summed E-state index contributed by atoms with van der Waals surface area (Å²) in [5.41, 5.74) is 0. The van der Waals surface area contributed by atoms with E-state index in [-0.39, 0.29) is 0 Å². The van der Waals surface area contributed by atoms with Crippen LogP contribution in [0, 0.1) is 17.8 Å². The molecule has 0 spiro atoms. The number of piperazine rings is 1. The molecule has 2 fully saturated rings. The fourth-order valence-corrected chi connectivity index (χ4v) is 3.87. The van der Waals surface area contributed by atoms with Gasteiger partial charge in [-0.3, -0.25) is 4.90 Å². The molecule has 3 unspecified atom stereocenters. The van der Waals surface area contributed by atoms with Gasteiger partial charge in [0, 0.05) is 31.7 Å². The van der Waals surface area contributed by atoms with Gasteiger partial charge in [0.05, 0.1) is 0 Å². The van der Waals surface area contributed by atoms with Crippen LogP contribution in [0.15, 0.2) is 0 Å². The first-order chi connectivity index (χ1) is 9.11. The molecule has 0 aromatic rings. The van der Waals surface area contributed by atoms with E-state index < -0.39 is 0 Å². The highest BCUT2D eigenvalue weighted by Crippen LogP contribution is 2.29. The van der Waals surface area contributed by atoms with Crippen LogP contribution in [0.25, 0.3) is 0 Å². The number of nitrogens with one attached hydrogen (secondary N) is 1. The van der Waals surface area contributed by atoms with Crippen molar-refractivity contribution in [3.8, 4) is 0 Å². The van der Waals surface area contributed by atoms with Crippen molar-refractivity contribution in [3.63, 3.8) is 0 Å². The smallest absolute Gasteiger partial charge is 0.0247 e. The lowest BCUT2D eigenvalue weighted by molar-refractivity contribution is 0.0650. The van der Waals surface area contributed by atoms with Crippen molar-refractivity contribution in [3.05, 3.63) is 0 Å². The summed E-state index contributed by atoms with van der Waals surface area (Å²) >= 11 is 0. The molecule has 0 aromatic heterocycles. The average molecular weight is 266 g/mol. The maximum absolute atomic E-state index is 3.80. The van der Waals surface area contributed by atoms with E-state index in [1.807, 2.05) is 0 Å². The normalized spacial score (nSPS) is 32.1. The maximum atomic E-state index is 3.80. The molecule has 112 valence electrons. The van der Waals surface area contributed by atoms with E-state index in [4.69, 9.17) is 0 Å². The number of hydrogen-bond donors (Lipinski definition) is 1. The summed E-state index contributed by atoms with van der Waals surface area (Å²) in [5, 5.41) is 3.80. The Bertz CT molecular complexity index is 256. The minimum Gasteiger partial charge on any atom is -0.311 e. The lowest BCUT2D eigenvalue weighted by Crippen LogP contribution is -2.60. The van der Waals surface area contributed by atoms with E-state index >= 15 is 0 Å². The summed E-state index contributed by atoms with van der Waals surface area (Å²) in [4.78, 5) is 2.84. The number of nitrogens with zero attached hydrogens (tertiary/aromatic N) is 1. The number of hydrogen-bond acceptors (Lipinski definition) is 2. The highest BCUT2D eigenvalue weighted by Gasteiger charge is 2.33. The summed E-state index contributed by atoms with van der Waals surface area (Å²) in [6, 6.07) is 1.46. The second-order valence-electron chi connectivity index (χ2n) is 7.32. The first kappa shape index (κ1) is 15.3. The number of rotatable bonds is 5. The molecule has 1 heterocycles. The zero-order chi connectivity index (χ0) is 13.8. The highest BCUT2D eigenvalue weighted by atomic mass is 15.2. The summed E-state index contributed by atoms with van der Waals surface area (Å²) < 4.78 is 0. The topological polar surface area (TPSA) is 15.3 Å². The molecule has 2 rings (SSSR count). The molecule has 0 aromatic carbocycles. The van der Waals surface area contributed by atoms with Gasteiger partial charge in [0.25, 0.3) is 0 Å². The minimum absolute atomic E-state index is 0.696. The predicted octanol–water partition coefficient (Wildman–Crippen LogP) is 3.52. The van der Waals surface area contributed by atoms with E-state index in [2.05, 4.69) is 37.9 Å². The fraction of sp³-hybridized carbons (Fsp3) is 1.00. The second-order valence-corrected chi connectivity index (χ2v) is 7.32. The zero-order valence-corrected chi connectivity index (χ0v) is 13.5. The van der Waals surface area contributed by atoms with Crippen LogP contribution in [-0.4, -0.2) is 36.6 Å². The maximum Gasteiger partial charge on any atom is 0.0247 e. The molecule has 1 saturated heterocycles. The third-order valence-electron chi connectivity index (χ3n) is 5.56. The molecule has 19 heavy (non-hydrogen) atoms. The van der Waals surface area contributed by atoms with Gasteiger partial charge in [-0.2, -0.15) is 0 Å². The van der Waals surface area contributed by atoms with Crippen molar-refractivity contribution in [2.24, 2.45) is 17.8 Å². The van der Waals surface area contributed by atoms with E-state index in [0.717, 1.165) is 23.8 Å². The predicted molar refractivity (Wildman–Crippen MR) is 83.4 cm³/mol. The van der Waals surface area contributed by atoms with Gasteiger partial charge >= 0.3 is 0 Å². The Morgan fingerprint density at radius 1 is 1.16 bits per heavy atom. The lowest BCUT2D eigenvalue weighted by atomic mass is 9.90. The van der Waals surface area contributed by atoms with Crippen LogP contribution >= 0.6 is 0 Å². The minimum atomic E-state index is 0.696. The van der Waals surface area contributed by atoms with Crippen molar-refractivity contribution < 1.29 is 0 Å². The van der Waals surface area contributed by atoms with Crippen LogP contribution in [-0.2, 0) is 0 Å². The van der Waals surface area contributed by atoms with Gasteiger partial charge in [0.15, 0.2) is 0 Å². The van der Waals surface area contributed by atoms with Crippen LogP contribution in [0.4, 0.5) is 0 Å². The van der Waals surface area contributed by atoms with Gasteiger partial charge in [-0.15, -0.1) is 0 Å². The van der Waals surface area contributed by atoms with Crippen molar-refractivity contribution in [2.45, 2.75) is 71.9 Å². The van der Waals surface area contributed by atoms with Crippen LogP contribution in [0.3, 0.4) is 0 Å². The Hall–Kier alpha value is -0.0800. The monoisotopic (exact) mass is 266 g/mol. The SMILES string of the molecule is CCC(C)C1CNC(C(C)C)CN1CC1CCCC1. The van der Waals surface area contributed by atoms with Crippen LogP contribution in [0.2, 0.25) is 0 Å². The Morgan fingerprint density at radius 2 is 1.84 bits per heavy atom. The molecular formula is C17H34N2. The zero-order valence-electron chi connectivity index (χ0n) is 13.5. The summed E-state index contributed by atoms with van der Waals surface area (Å²) in [7, 11) is 0. The third kappa shape index (κ3) is 3.95. The quantitative estimate of drug-likeness (QED) is 0.819. The van der Waals surface area contributed by atoms with Gasteiger partial charge in [-0.25, -0.2) is 0 Å². The molecule has 0 amide bonds. The van der Waals surface area contributed by atoms with Crippen LogP contribution in [0.5, 0.6) is 0 Å². The Labute approximate surface area is 120 Å². The third-order valence-corrected chi connectivity index (χ3v) is 5.56. The highest BCUT2D eigenvalue weighted by molar-refractivity contribution is 4.91. The molecule has 3 atom stereocenters. The Morgan fingerprint density at radius 3 is 2.42 bits per heavy atom. The molecule has 1 aliphatic carbocycles. The van der Waals surface area contributed by atoms with Crippen molar-refractivity contribution in [1.82, 2.24) is 10.2 Å². The van der Waals surface area contributed by atoms with Crippen molar-refractivity contribution >= 4 is 0 Å². The molecule has 1 aliphatic heterocycles. The Kier molecular flexibility index (Phi) is 5.70. The molecule has 2 nitrogen and oxygen atoms in total. The van der Waals surface area contributed by atoms with E-state index in [0.29, 0.717) is 6.04 Å². The average Bonchev–Trinajstić information content (AvgIpc) is 2.90. The van der Waals surface area contributed by atoms with Gasteiger partial charge in [-0.05, 0) is 30.6 Å². The second kappa shape index (κ2) is 7.08.